The Kier molecular flexibility index (Phi) is 2.37. The van der Waals surface area contributed by atoms with Crippen molar-refractivity contribution < 1.29 is 4.79 Å². The number of rotatable bonds is 1. The summed E-state index contributed by atoms with van der Waals surface area (Å²) < 4.78 is 0. The molecule has 1 aromatic heterocycles. The summed E-state index contributed by atoms with van der Waals surface area (Å²) in [6.07, 6.45) is 2.38. The number of fused-ring (bicyclic) bond motifs is 1. The standard InChI is InChI=1S/C15H16N2O/c1-15(2)9-13(18)17(10-15)12-7-3-5-11-6-4-8-16-14(11)12/h3-8H,9-10H2,1-2H3. The van der Waals surface area contributed by atoms with Crippen LogP contribution in [0.4, 0.5) is 5.69 Å². The Hall–Kier alpha value is -1.90. The molecule has 3 nitrogen and oxygen atoms in total. The van der Waals surface area contributed by atoms with Gasteiger partial charge in [0.05, 0.1) is 11.2 Å². The Bertz CT molecular complexity index is 613. The second-order valence-corrected chi connectivity index (χ2v) is 5.67. The first-order valence-electron chi connectivity index (χ1n) is 6.21. The zero-order chi connectivity index (χ0) is 12.8. The smallest absolute Gasteiger partial charge is 0.227 e. The van der Waals surface area contributed by atoms with Crippen molar-refractivity contribution in [2.45, 2.75) is 20.3 Å². The van der Waals surface area contributed by atoms with E-state index in [4.69, 9.17) is 0 Å². The molecule has 1 aliphatic rings. The lowest BCUT2D eigenvalue weighted by Crippen LogP contribution is -2.26. The molecule has 1 amide bonds. The molecule has 0 N–H and O–H groups in total. The van der Waals surface area contributed by atoms with Crippen LogP contribution in [0.25, 0.3) is 10.9 Å². The fourth-order valence-corrected chi connectivity index (χ4v) is 2.60. The van der Waals surface area contributed by atoms with Gasteiger partial charge in [-0.05, 0) is 17.5 Å². The van der Waals surface area contributed by atoms with Crippen molar-refractivity contribution in [3.05, 3.63) is 36.5 Å². The minimum atomic E-state index is 0.0496. The van der Waals surface area contributed by atoms with Crippen molar-refractivity contribution in [2.75, 3.05) is 11.4 Å². The third-order valence-electron chi connectivity index (χ3n) is 3.42. The Balaban J connectivity index is 2.13. The average Bonchev–Trinajstić information content (AvgIpc) is 2.62. The van der Waals surface area contributed by atoms with Gasteiger partial charge in [0.15, 0.2) is 0 Å². The normalized spacial score (nSPS) is 18.6. The summed E-state index contributed by atoms with van der Waals surface area (Å²) >= 11 is 0. The van der Waals surface area contributed by atoms with Gasteiger partial charge in [-0.25, -0.2) is 0 Å². The third kappa shape index (κ3) is 1.76. The Morgan fingerprint density at radius 2 is 2.00 bits per heavy atom. The first-order valence-corrected chi connectivity index (χ1v) is 6.21. The van der Waals surface area contributed by atoms with Gasteiger partial charge < -0.3 is 4.90 Å². The number of anilines is 1. The van der Waals surface area contributed by atoms with E-state index >= 15 is 0 Å². The fourth-order valence-electron chi connectivity index (χ4n) is 2.60. The Morgan fingerprint density at radius 3 is 2.72 bits per heavy atom. The highest BCUT2D eigenvalue weighted by Crippen LogP contribution is 2.35. The molecule has 2 aromatic rings. The fraction of sp³-hybridized carbons (Fsp3) is 0.333. The molecule has 0 bridgehead atoms. The summed E-state index contributed by atoms with van der Waals surface area (Å²) in [4.78, 5) is 18.4. The number of pyridine rings is 1. The molecule has 0 saturated carbocycles. The van der Waals surface area contributed by atoms with Crippen LogP contribution in [-0.4, -0.2) is 17.4 Å². The van der Waals surface area contributed by atoms with Crippen LogP contribution in [0.15, 0.2) is 36.5 Å². The van der Waals surface area contributed by atoms with Crippen LogP contribution >= 0.6 is 0 Å². The lowest BCUT2D eigenvalue weighted by atomic mass is 9.93. The molecule has 3 rings (SSSR count). The SMILES string of the molecule is CC1(C)CC(=O)N(c2cccc3cccnc23)C1. The maximum atomic E-state index is 12.1. The molecule has 0 radical (unpaired) electrons. The first-order chi connectivity index (χ1) is 8.57. The molecular weight excluding hydrogens is 224 g/mol. The van der Waals surface area contributed by atoms with E-state index in [9.17, 15) is 4.79 Å². The zero-order valence-corrected chi connectivity index (χ0v) is 10.7. The number of hydrogen-bond donors (Lipinski definition) is 0. The van der Waals surface area contributed by atoms with Gasteiger partial charge in [0.2, 0.25) is 5.91 Å². The number of benzene rings is 1. The summed E-state index contributed by atoms with van der Waals surface area (Å²) in [7, 11) is 0. The summed E-state index contributed by atoms with van der Waals surface area (Å²) in [5, 5.41) is 1.08. The van der Waals surface area contributed by atoms with Crippen LogP contribution < -0.4 is 4.90 Å². The first kappa shape index (κ1) is 11.2. The van der Waals surface area contributed by atoms with Crippen LogP contribution in [-0.2, 0) is 4.79 Å². The number of amides is 1. The van der Waals surface area contributed by atoms with Crippen molar-refractivity contribution in [1.29, 1.82) is 0 Å². The summed E-state index contributed by atoms with van der Waals surface area (Å²) in [6.45, 7) is 5.02. The monoisotopic (exact) mass is 240 g/mol. The largest absolute Gasteiger partial charge is 0.310 e. The highest BCUT2D eigenvalue weighted by atomic mass is 16.2. The van der Waals surface area contributed by atoms with Crippen molar-refractivity contribution in [2.24, 2.45) is 5.41 Å². The second kappa shape index (κ2) is 3.80. The number of hydrogen-bond acceptors (Lipinski definition) is 2. The van der Waals surface area contributed by atoms with Gasteiger partial charge in [-0.2, -0.15) is 0 Å². The lowest BCUT2D eigenvalue weighted by molar-refractivity contribution is -0.117. The molecule has 18 heavy (non-hydrogen) atoms. The molecule has 1 aliphatic heterocycles. The number of nitrogens with zero attached hydrogens (tertiary/aromatic N) is 2. The second-order valence-electron chi connectivity index (χ2n) is 5.67. The van der Waals surface area contributed by atoms with Gasteiger partial charge in [0, 0.05) is 24.5 Å². The lowest BCUT2D eigenvalue weighted by Gasteiger charge is -2.20. The predicted octanol–water partition coefficient (Wildman–Crippen LogP) is 3.00. The number of aromatic nitrogens is 1. The van der Waals surface area contributed by atoms with Crippen molar-refractivity contribution >= 4 is 22.5 Å². The molecule has 0 aliphatic carbocycles. The molecule has 0 atom stereocenters. The van der Waals surface area contributed by atoms with Gasteiger partial charge in [-0.3, -0.25) is 9.78 Å². The number of carbonyl (C=O) groups is 1. The van der Waals surface area contributed by atoms with Crippen LogP contribution in [0.5, 0.6) is 0 Å². The maximum absolute atomic E-state index is 12.1. The number of carbonyl (C=O) groups excluding carboxylic acids is 1. The molecule has 3 heteroatoms. The molecule has 1 saturated heterocycles. The van der Waals surface area contributed by atoms with Gasteiger partial charge >= 0.3 is 0 Å². The molecule has 0 spiro atoms. The van der Waals surface area contributed by atoms with Gasteiger partial charge in [0.25, 0.3) is 0 Å². The predicted molar refractivity (Wildman–Crippen MR) is 72.5 cm³/mol. The molecule has 2 heterocycles. The highest BCUT2D eigenvalue weighted by molar-refractivity contribution is 6.03. The molecule has 1 fully saturated rings. The van der Waals surface area contributed by atoms with E-state index in [1.165, 1.54) is 0 Å². The summed E-state index contributed by atoms with van der Waals surface area (Å²) in [5.74, 6) is 0.193. The van der Waals surface area contributed by atoms with Gasteiger partial charge in [0.1, 0.15) is 0 Å². The van der Waals surface area contributed by atoms with Crippen molar-refractivity contribution in [3.8, 4) is 0 Å². The Labute approximate surface area is 106 Å². The maximum Gasteiger partial charge on any atom is 0.227 e. The van der Waals surface area contributed by atoms with E-state index in [-0.39, 0.29) is 11.3 Å². The van der Waals surface area contributed by atoms with Crippen molar-refractivity contribution in [3.63, 3.8) is 0 Å². The van der Waals surface area contributed by atoms with Crippen molar-refractivity contribution in [1.82, 2.24) is 4.98 Å². The quantitative estimate of drug-likeness (QED) is 0.767. The molecule has 92 valence electrons. The van der Waals surface area contributed by atoms with E-state index in [2.05, 4.69) is 18.8 Å². The van der Waals surface area contributed by atoms with E-state index in [1.54, 1.807) is 6.20 Å². The average molecular weight is 240 g/mol. The van der Waals surface area contributed by atoms with Gasteiger partial charge in [-0.1, -0.05) is 32.0 Å². The van der Waals surface area contributed by atoms with E-state index in [1.807, 2.05) is 35.2 Å². The van der Waals surface area contributed by atoms with Crippen LogP contribution in [0.3, 0.4) is 0 Å². The van der Waals surface area contributed by atoms with Crippen LogP contribution in [0.2, 0.25) is 0 Å². The van der Waals surface area contributed by atoms with Gasteiger partial charge in [-0.15, -0.1) is 0 Å². The van der Waals surface area contributed by atoms with E-state index in [0.717, 1.165) is 23.1 Å². The molecule has 1 aromatic carbocycles. The molecular formula is C15H16N2O. The minimum Gasteiger partial charge on any atom is -0.310 e. The third-order valence-corrected chi connectivity index (χ3v) is 3.42. The number of para-hydroxylation sites is 1. The minimum absolute atomic E-state index is 0.0496. The highest BCUT2D eigenvalue weighted by Gasteiger charge is 2.37. The summed E-state index contributed by atoms with van der Waals surface area (Å²) in [6, 6.07) is 9.93. The van der Waals surface area contributed by atoms with Crippen LogP contribution in [0.1, 0.15) is 20.3 Å². The van der Waals surface area contributed by atoms with E-state index in [0.29, 0.717) is 6.42 Å². The Morgan fingerprint density at radius 1 is 1.22 bits per heavy atom. The van der Waals surface area contributed by atoms with Crippen LogP contribution in [0, 0.1) is 5.41 Å². The summed E-state index contributed by atoms with van der Waals surface area (Å²) in [5.41, 5.74) is 1.89. The van der Waals surface area contributed by atoms with E-state index < -0.39 is 0 Å². The topological polar surface area (TPSA) is 33.2 Å². The zero-order valence-electron chi connectivity index (χ0n) is 10.7. The molecule has 0 unspecified atom stereocenters.